The summed E-state index contributed by atoms with van der Waals surface area (Å²) in [6, 6.07) is 10.0. The Morgan fingerprint density at radius 1 is 1.18 bits per heavy atom. The van der Waals surface area contributed by atoms with Gasteiger partial charge in [-0.1, -0.05) is 12.1 Å². The number of pyridine rings is 1. The molecule has 2 aromatic rings. The third-order valence-corrected chi connectivity index (χ3v) is 3.06. The lowest BCUT2D eigenvalue weighted by molar-refractivity contribution is -0.116. The molecule has 1 aromatic heterocycles. The smallest absolute Gasteiger partial charge is 0.226 e. The number of hydrogen-bond acceptors (Lipinski definition) is 4. The maximum Gasteiger partial charge on any atom is 0.226 e. The highest BCUT2D eigenvalue weighted by Crippen LogP contribution is 2.10. The third-order valence-electron chi connectivity index (χ3n) is 3.06. The van der Waals surface area contributed by atoms with Crippen molar-refractivity contribution in [3.8, 4) is 0 Å². The highest BCUT2D eigenvalue weighted by atomic mass is 19.1. The van der Waals surface area contributed by atoms with Crippen LogP contribution in [0.3, 0.4) is 0 Å². The second-order valence-electron chi connectivity index (χ2n) is 4.82. The minimum atomic E-state index is -0.229. The molecule has 0 aliphatic rings. The van der Waals surface area contributed by atoms with Crippen LogP contribution in [0, 0.1) is 5.82 Å². The summed E-state index contributed by atoms with van der Waals surface area (Å²) in [5.74, 6) is 0.128. The second kappa shape index (κ2) is 8.09. The molecule has 116 valence electrons. The van der Waals surface area contributed by atoms with Gasteiger partial charge in [0.05, 0.1) is 11.9 Å². The van der Waals surface area contributed by atoms with Crippen LogP contribution < -0.4 is 16.4 Å². The summed E-state index contributed by atoms with van der Waals surface area (Å²) in [5, 5.41) is 5.89. The van der Waals surface area contributed by atoms with E-state index in [0.717, 1.165) is 17.7 Å². The molecule has 0 saturated heterocycles. The number of nitrogens with two attached hydrogens (primary N) is 1. The van der Waals surface area contributed by atoms with Gasteiger partial charge in [0.1, 0.15) is 11.6 Å². The van der Waals surface area contributed by atoms with Crippen LogP contribution in [0.15, 0.2) is 42.6 Å². The van der Waals surface area contributed by atoms with Crippen molar-refractivity contribution in [1.82, 2.24) is 4.98 Å². The lowest BCUT2D eigenvalue weighted by atomic mass is 10.1. The van der Waals surface area contributed by atoms with Crippen molar-refractivity contribution in [3.63, 3.8) is 0 Å². The number of carbonyl (C=O) groups excluding carboxylic acids is 1. The molecule has 5 nitrogen and oxygen atoms in total. The molecule has 6 heteroatoms. The summed E-state index contributed by atoms with van der Waals surface area (Å²) in [4.78, 5) is 15.5. The highest BCUT2D eigenvalue weighted by molar-refractivity contribution is 5.89. The van der Waals surface area contributed by atoms with Gasteiger partial charge in [-0.3, -0.25) is 4.79 Å². The molecule has 0 unspecified atom stereocenters. The number of hydrogen-bond donors (Lipinski definition) is 3. The van der Waals surface area contributed by atoms with Gasteiger partial charge in [0, 0.05) is 19.5 Å². The van der Waals surface area contributed by atoms with Crippen molar-refractivity contribution in [2.45, 2.75) is 12.8 Å². The maximum atomic E-state index is 12.8. The lowest BCUT2D eigenvalue weighted by Crippen LogP contribution is -2.16. The Hall–Kier alpha value is -2.47. The first kappa shape index (κ1) is 15.9. The number of carbonyl (C=O) groups is 1. The molecule has 0 radical (unpaired) electrons. The molecule has 0 spiro atoms. The van der Waals surface area contributed by atoms with Crippen molar-refractivity contribution in [1.29, 1.82) is 0 Å². The molecule has 0 atom stereocenters. The number of aromatic nitrogens is 1. The molecule has 22 heavy (non-hydrogen) atoms. The first-order valence-electron chi connectivity index (χ1n) is 7.11. The Kier molecular flexibility index (Phi) is 5.85. The summed E-state index contributed by atoms with van der Waals surface area (Å²) in [6.45, 7) is 1.03. The monoisotopic (exact) mass is 302 g/mol. The summed E-state index contributed by atoms with van der Waals surface area (Å²) in [5.41, 5.74) is 7.23. The summed E-state index contributed by atoms with van der Waals surface area (Å²) < 4.78 is 12.8. The quantitative estimate of drug-likeness (QED) is 0.732. The number of anilines is 2. The molecule has 4 N–H and O–H groups in total. The van der Waals surface area contributed by atoms with Gasteiger partial charge in [0.15, 0.2) is 0 Å². The van der Waals surface area contributed by atoms with Gasteiger partial charge in [-0.15, -0.1) is 0 Å². The van der Waals surface area contributed by atoms with E-state index in [-0.39, 0.29) is 18.1 Å². The van der Waals surface area contributed by atoms with Gasteiger partial charge in [-0.2, -0.15) is 0 Å². The van der Waals surface area contributed by atoms with Crippen molar-refractivity contribution in [3.05, 3.63) is 54.0 Å². The van der Waals surface area contributed by atoms with Crippen LogP contribution in [0.25, 0.3) is 0 Å². The summed E-state index contributed by atoms with van der Waals surface area (Å²) in [7, 11) is 0. The van der Waals surface area contributed by atoms with Gasteiger partial charge in [-0.05, 0) is 36.2 Å². The number of amides is 1. The Morgan fingerprint density at radius 3 is 2.59 bits per heavy atom. The first-order valence-corrected chi connectivity index (χ1v) is 7.11. The van der Waals surface area contributed by atoms with E-state index in [2.05, 4.69) is 15.6 Å². The zero-order valence-corrected chi connectivity index (χ0v) is 12.2. The van der Waals surface area contributed by atoms with Crippen LogP contribution in [0.4, 0.5) is 15.9 Å². The molecule has 0 bridgehead atoms. The second-order valence-corrected chi connectivity index (χ2v) is 4.82. The van der Waals surface area contributed by atoms with Gasteiger partial charge in [0.2, 0.25) is 5.91 Å². The van der Waals surface area contributed by atoms with Crippen LogP contribution in [-0.4, -0.2) is 24.0 Å². The Morgan fingerprint density at radius 2 is 1.95 bits per heavy atom. The SMILES string of the molecule is NCCC(=O)Nc1ccc(NCCc2ccc(F)cc2)cn1. The van der Waals surface area contributed by atoms with Crippen molar-refractivity contribution < 1.29 is 9.18 Å². The minimum absolute atomic E-state index is 0.146. The van der Waals surface area contributed by atoms with Crippen molar-refractivity contribution in [2.24, 2.45) is 5.73 Å². The predicted octanol–water partition coefficient (Wildman–Crippen LogP) is 2.16. The van der Waals surface area contributed by atoms with Crippen molar-refractivity contribution in [2.75, 3.05) is 23.7 Å². The van der Waals surface area contributed by atoms with E-state index in [9.17, 15) is 9.18 Å². The molecular weight excluding hydrogens is 283 g/mol. The Balaban J connectivity index is 1.78. The number of nitrogens with one attached hydrogen (secondary N) is 2. The molecule has 0 aliphatic heterocycles. The van der Waals surface area contributed by atoms with Crippen LogP contribution in [0.2, 0.25) is 0 Å². The fraction of sp³-hybridized carbons (Fsp3) is 0.250. The van der Waals surface area contributed by atoms with E-state index in [0.29, 0.717) is 18.9 Å². The minimum Gasteiger partial charge on any atom is -0.383 e. The Labute approximate surface area is 128 Å². The van der Waals surface area contributed by atoms with E-state index >= 15 is 0 Å². The molecule has 0 saturated carbocycles. The lowest BCUT2D eigenvalue weighted by Gasteiger charge is -2.08. The number of halogens is 1. The molecule has 0 aliphatic carbocycles. The van der Waals surface area contributed by atoms with Gasteiger partial charge < -0.3 is 16.4 Å². The van der Waals surface area contributed by atoms with Gasteiger partial charge in [-0.25, -0.2) is 9.37 Å². The first-order chi connectivity index (χ1) is 10.7. The molecular formula is C16H19FN4O. The predicted molar refractivity (Wildman–Crippen MR) is 85.1 cm³/mol. The fourth-order valence-corrected chi connectivity index (χ4v) is 1.91. The molecule has 2 rings (SSSR count). The van der Waals surface area contributed by atoms with Crippen LogP contribution >= 0.6 is 0 Å². The molecule has 1 amide bonds. The van der Waals surface area contributed by atoms with E-state index in [1.165, 1.54) is 12.1 Å². The van der Waals surface area contributed by atoms with Crippen molar-refractivity contribution >= 4 is 17.4 Å². The van der Waals surface area contributed by atoms with Crippen LogP contribution in [0.1, 0.15) is 12.0 Å². The molecule has 1 heterocycles. The van der Waals surface area contributed by atoms with Crippen LogP contribution in [-0.2, 0) is 11.2 Å². The zero-order valence-electron chi connectivity index (χ0n) is 12.2. The van der Waals surface area contributed by atoms with E-state index in [4.69, 9.17) is 5.73 Å². The molecule has 0 fully saturated rings. The zero-order chi connectivity index (χ0) is 15.8. The number of rotatable bonds is 7. The summed E-state index contributed by atoms with van der Waals surface area (Å²) in [6.07, 6.45) is 2.72. The van der Waals surface area contributed by atoms with E-state index in [1.807, 2.05) is 6.07 Å². The normalized spacial score (nSPS) is 10.3. The highest BCUT2D eigenvalue weighted by Gasteiger charge is 2.02. The van der Waals surface area contributed by atoms with E-state index < -0.39 is 0 Å². The third kappa shape index (κ3) is 5.14. The van der Waals surface area contributed by atoms with Crippen LogP contribution in [0.5, 0.6) is 0 Å². The topological polar surface area (TPSA) is 80.0 Å². The van der Waals surface area contributed by atoms with Gasteiger partial charge >= 0.3 is 0 Å². The average Bonchev–Trinajstić information content (AvgIpc) is 2.51. The molecule has 1 aromatic carbocycles. The Bertz CT molecular complexity index is 599. The standard InChI is InChI=1S/C16H19FN4O/c17-13-3-1-12(2-4-13)8-10-19-14-5-6-15(20-11-14)21-16(22)7-9-18/h1-6,11,19H,7-10,18H2,(H,20,21,22). The van der Waals surface area contributed by atoms with E-state index in [1.54, 1.807) is 24.4 Å². The fourth-order valence-electron chi connectivity index (χ4n) is 1.91. The van der Waals surface area contributed by atoms with Gasteiger partial charge in [0.25, 0.3) is 0 Å². The maximum absolute atomic E-state index is 12.8. The largest absolute Gasteiger partial charge is 0.383 e. The average molecular weight is 302 g/mol. The summed E-state index contributed by atoms with van der Waals surface area (Å²) >= 11 is 0. The number of nitrogens with zero attached hydrogens (tertiary/aromatic N) is 1. The number of benzene rings is 1.